The predicted octanol–water partition coefficient (Wildman–Crippen LogP) is 13.4. The number of aliphatic hydroxyl groups is 1. The van der Waals surface area contributed by atoms with Gasteiger partial charge >= 0.3 is 66.7 Å². The minimum Gasteiger partial charge on any atom is -0.870 e. The summed E-state index contributed by atoms with van der Waals surface area (Å²) in [6.07, 6.45) is 16.0. The van der Waals surface area contributed by atoms with Crippen molar-refractivity contribution in [3.63, 3.8) is 0 Å². The smallest absolute Gasteiger partial charge is 0.870 e. The zero-order valence-corrected chi connectivity index (χ0v) is 92.0. The summed E-state index contributed by atoms with van der Waals surface area (Å²) >= 11 is 26.4. The molecule has 0 spiro atoms. The van der Waals surface area contributed by atoms with E-state index in [-0.39, 0.29) is 126 Å². The van der Waals surface area contributed by atoms with Crippen molar-refractivity contribution in [1.82, 2.24) is 54.1 Å². The number of nitriles is 1. The number of amides is 1. The first-order valence-electron chi connectivity index (χ1n) is 42.3. The summed E-state index contributed by atoms with van der Waals surface area (Å²) in [5, 5.41) is 42.0. The van der Waals surface area contributed by atoms with Gasteiger partial charge in [0, 0.05) is 157 Å². The molecule has 141 heavy (non-hydrogen) atoms. The fourth-order valence-electron chi connectivity index (χ4n) is 9.33. The molecule has 0 saturated carbocycles. The Hall–Kier alpha value is -8.64. The first kappa shape index (κ1) is 166. The number of allylic oxidation sites excluding steroid dienone is 1. The molecule has 0 bridgehead atoms. The summed E-state index contributed by atoms with van der Waals surface area (Å²) < 4.78 is 62.1. The average Bonchev–Trinajstić information content (AvgIpc) is 1.64. The van der Waals surface area contributed by atoms with E-state index in [2.05, 4.69) is 113 Å². The fraction of sp³-hybridized carbons (Fsp3) is 0.656. The number of carbonyl (C=O) groups excluding carboxylic acids is 12. The van der Waals surface area contributed by atoms with Crippen molar-refractivity contribution in [3.05, 3.63) is 80.8 Å². The maximum Gasteiger partial charge on any atom is 1.00 e. The molecule has 0 atom stereocenters. The normalized spacial score (nSPS) is 9.41. The number of aryl methyl sites for hydroxylation is 9. The Morgan fingerprint density at radius 1 is 0.582 bits per heavy atom. The van der Waals surface area contributed by atoms with Crippen LogP contribution in [0, 0.1) is 39.0 Å². The number of esters is 2. The number of anilines is 2. The number of unbranched alkanes of at least 4 members (excludes halogenated alkanes) is 1. The molecule has 0 radical (unpaired) electrons. The van der Waals surface area contributed by atoms with Crippen LogP contribution in [0.2, 0.25) is 10.0 Å². The first-order chi connectivity index (χ1) is 63.1. The largest absolute Gasteiger partial charge is 1.00 e. The summed E-state index contributed by atoms with van der Waals surface area (Å²) in [7, 11) is 10.2. The first-order valence-corrected chi connectivity index (χ1v) is 47.5. The molecule has 11 N–H and O–H groups in total. The molecule has 6 aromatic heterocycles. The minimum absolute atomic E-state index is 0. The zero-order valence-electron chi connectivity index (χ0n) is 86.5. The molecule has 6 aromatic rings. The molecule has 43 nitrogen and oxygen atoms in total. The van der Waals surface area contributed by atoms with Crippen LogP contribution in [0.4, 0.5) is 16.4 Å². The molecular formula is C90H162Cl6LiN18O25P. The van der Waals surface area contributed by atoms with E-state index < -0.39 is 28.1 Å². The second-order valence-electron chi connectivity index (χ2n) is 30.3. The van der Waals surface area contributed by atoms with E-state index in [0.29, 0.717) is 18.2 Å². The van der Waals surface area contributed by atoms with Gasteiger partial charge in [-0.05, 0) is 248 Å². The van der Waals surface area contributed by atoms with Crippen LogP contribution >= 0.6 is 74.5 Å². The number of nitrogen functional groups attached to an aromatic ring is 1. The molecule has 0 aliphatic rings. The van der Waals surface area contributed by atoms with Crippen LogP contribution in [0.25, 0.3) is 22.1 Å². The van der Waals surface area contributed by atoms with Crippen LogP contribution < -0.4 is 41.4 Å². The third kappa shape index (κ3) is 107. The summed E-state index contributed by atoms with van der Waals surface area (Å²) in [5.74, 6) is 1.08. The molecule has 0 unspecified atom stereocenters. The van der Waals surface area contributed by atoms with E-state index in [1.807, 2.05) is 123 Å². The van der Waals surface area contributed by atoms with Crippen LogP contribution in [0.15, 0.2) is 52.5 Å². The molecule has 6 heterocycles. The molecule has 0 saturated heterocycles. The molecule has 6 rings (SSSR count). The third-order valence-corrected chi connectivity index (χ3v) is 15.2. The van der Waals surface area contributed by atoms with Gasteiger partial charge in [-0.25, -0.2) is 33.5 Å². The number of aliphatic hydroxyl groups excluding tert-OH is 1. The SMILES string of the molecule is C.C.CC(=O)CC#N.CC(C)(C)OC(=O)CN.CC(C)=NCC(=O)OC(C)(C)C.CCC(=CNc1cc(C)nn1CCCOC)CC.CCO.CCc1cnc2c(c(C)nn2CCCOC)c1Cl.COCCCCN.COCCCN(N=C(C)C)C(=O)OC(C)(C)C.COCCCn1nc(C)c2c(Cl)ccnc21.COCCCn1nc(C)cc1N.Cl.O.O=C=O.O=C=O.O=C=O.O=C=O.O=P(Cl)(Cl)Cl.[Li+].[OH-]. The van der Waals surface area contributed by atoms with Crippen molar-refractivity contribution in [2.75, 3.05) is 126 Å². The number of pyridine rings is 2. The van der Waals surface area contributed by atoms with Crippen molar-refractivity contribution in [1.29, 1.82) is 5.26 Å². The van der Waals surface area contributed by atoms with E-state index in [9.17, 15) is 23.7 Å². The van der Waals surface area contributed by atoms with Gasteiger partial charge in [-0.1, -0.05) is 64.4 Å². The van der Waals surface area contributed by atoms with E-state index in [0.717, 1.165) is 208 Å². The van der Waals surface area contributed by atoms with E-state index in [4.69, 9.17) is 132 Å². The number of methoxy groups -OCH3 is 6. The molecule has 51 heteroatoms. The molecule has 1 amide bonds. The number of hydrazone groups is 1. The second-order valence-corrected chi connectivity index (χ2v) is 37.8. The number of hydrogen-bond acceptors (Lipinski definition) is 37. The van der Waals surface area contributed by atoms with Crippen LogP contribution in [0.3, 0.4) is 0 Å². The number of halogens is 6. The Labute approximate surface area is 876 Å². The van der Waals surface area contributed by atoms with Gasteiger partial charge in [0.2, 0.25) is 0 Å². The van der Waals surface area contributed by atoms with Gasteiger partial charge in [0.25, 0.3) is 0 Å². The summed E-state index contributed by atoms with van der Waals surface area (Å²) in [5.41, 5.74) is 24.3. The Kier molecular flexibility index (Phi) is 124. The summed E-state index contributed by atoms with van der Waals surface area (Å²) in [4.78, 5) is 121. The zero-order chi connectivity index (χ0) is 106. The van der Waals surface area contributed by atoms with Crippen molar-refractivity contribution in [2.45, 2.75) is 281 Å². The van der Waals surface area contributed by atoms with Crippen molar-refractivity contribution in [2.24, 2.45) is 21.6 Å². The number of ketones is 1. The number of aliphatic imine (C=N–C) groups is 1. The van der Waals surface area contributed by atoms with Crippen molar-refractivity contribution in [3.8, 4) is 6.07 Å². The van der Waals surface area contributed by atoms with E-state index in [1.54, 1.807) is 93.4 Å². The monoisotopic (exact) mass is 2140 g/mol. The molecular weight excluding hydrogens is 1980 g/mol. The van der Waals surface area contributed by atoms with Crippen LogP contribution in [-0.2, 0) is 133 Å². The Balaban J connectivity index is -0.0000000958. The van der Waals surface area contributed by atoms with Crippen molar-refractivity contribution < 1.29 is 140 Å². The van der Waals surface area contributed by atoms with E-state index >= 15 is 0 Å². The predicted molar refractivity (Wildman–Crippen MR) is 548 cm³/mol. The van der Waals surface area contributed by atoms with Crippen LogP contribution in [-0.4, -0.2) is 262 Å². The van der Waals surface area contributed by atoms with Gasteiger partial charge in [-0.3, -0.25) is 23.9 Å². The van der Waals surface area contributed by atoms with Gasteiger partial charge in [0.15, 0.2) is 11.3 Å². The number of Topliss-reactive ketones (excluding diaryl/α,β-unsaturated/α-hetero) is 1. The van der Waals surface area contributed by atoms with Crippen molar-refractivity contribution >= 4 is 168 Å². The van der Waals surface area contributed by atoms with Crippen LogP contribution in [0.5, 0.6) is 0 Å². The van der Waals surface area contributed by atoms with Gasteiger partial charge in [0.05, 0.1) is 69.2 Å². The fourth-order valence-corrected chi connectivity index (χ4v) is 10.0. The Morgan fingerprint density at radius 3 is 1.28 bits per heavy atom. The second kappa shape index (κ2) is 106. The van der Waals surface area contributed by atoms with Crippen LogP contribution in [0.1, 0.15) is 232 Å². The standard InChI is InChI=1S/C14H25N3O.C13H18ClN3O.C12H24N2O3.C11H14ClN3O.C9H17NO2.C8H15N3O.C6H13NO2.C5H13NO.C4H5NO.C2H6O.4CO2.2CH4.Cl3OP.ClH.Li.2H2O/c1-5-13(6-2)11-15-14-10-12(3)16-17(14)8-7-9-18-4;1-4-10-8-15-13-11(12(10)14)9(2)16-17(13)6-5-7-18-3;1-10(2)13-14(8-7-9-16-6)11(15)17-12(3,4)5;1-8-10-9(12)4-5-13-11(10)15(14-8)6-3-7-16-2;1-7(2)10-6-8(11)12-9(3,4)5;1-7-6-8(9)11(10-7)4-3-5-12-2;1-6(2,3)9-5(8)4-7;1-7-5-3-2-4-6;1-4(6)2-3-5;1-2-3;4*2-1-3;;;1-5(2,3)4;;;;/h10-11,15H,5-9H2,1-4H3;8H,4-7H2,1-3H3;7-9H2,1-6H3;4-5H,3,6-7H2,1-2H3;6H2,1-5H3;6H,3-5,9H2,1-2H3;4,7H2,1-3H3;2-6H2,1H3;2H2,1H3;3H,2H2,1H3;;;;;2*1H4;;1H;;2*1H2/q;;;;;;;;;;;;;;;;;;+1;;/p-1. The number of hydrogen-bond donors (Lipinski definition) is 5. The number of carbonyl (C=O) groups is 4. The Morgan fingerprint density at radius 2 is 0.950 bits per heavy atom. The molecule has 0 fully saturated rings. The Bertz CT molecular complexity index is 4400. The number of nitrogens with two attached hydrogens (primary N) is 3. The maximum atomic E-state index is 11.8. The molecule has 810 valence electrons. The summed E-state index contributed by atoms with van der Waals surface area (Å²) in [6, 6.07) is 7.45. The van der Waals surface area contributed by atoms with Gasteiger partial charge in [0.1, 0.15) is 40.8 Å². The number of ether oxygens (including phenoxy) is 9. The summed E-state index contributed by atoms with van der Waals surface area (Å²) in [6.45, 7) is 50.5. The van der Waals surface area contributed by atoms with Gasteiger partial charge in [-0.15, -0.1) is 12.4 Å². The third-order valence-electron chi connectivity index (χ3n) is 14.4. The number of nitrogens with one attached hydrogen (secondary N) is 1. The molecule has 0 aliphatic carbocycles. The van der Waals surface area contributed by atoms with Gasteiger partial charge < -0.3 is 81.2 Å². The molecule has 0 aromatic carbocycles. The number of fused-ring (bicyclic) bond motifs is 2. The average molecular weight is 2150 g/mol. The number of aromatic nitrogens is 10. The quantitative estimate of drug-likeness (QED) is 0.00476. The topological polar surface area (TPSA) is 626 Å². The maximum absolute atomic E-state index is 11.8. The number of rotatable bonds is 34. The minimum atomic E-state index is -3.22. The number of nitrogens with zero attached hydrogens (tertiary/aromatic N) is 14. The molecule has 0 aliphatic heterocycles. The van der Waals surface area contributed by atoms with E-state index in [1.165, 1.54) is 17.5 Å². The van der Waals surface area contributed by atoms with Gasteiger partial charge in [-0.2, -0.15) is 74.1 Å².